The van der Waals surface area contributed by atoms with Crippen LogP contribution in [0, 0.1) is 5.82 Å². The molecule has 1 saturated heterocycles. The van der Waals surface area contributed by atoms with Crippen molar-refractivity contribution in [2.45, 2.75) is 30.7 Å². The molecule has 1 aromatic heterocycles. The molecule has 0 bridgehead atoms. The molecule has 0 spiro atoms. The first kappa shape index (κ1) is 20.5. The molecule has 4 rings (SSSR count). The molecular formula is C21H19FO8. The molecular weight excluding hydrogens is 399 g/mol. The van der Waals surface area contributed by atoms with E-state index in [-0.39, 0.29) is 27.7 Å². The number of benzene rings is 2. The number of aliphatic hydroxyl groups is 4. The lowest BCUT2D eigenvalue weighted by Crippen LogP contribution is -2.60. The molecule has 2 aromatic carbocycles. The van der Waals surface area contributed by atoms with Gasteiger partial charge in [0.1, 0.15) is 47.8 Å². The largest absolute Gasteiger partial charge is 0.463 e. The van der Waals surface area contributed by atoms with E-state index in [4.69, 9.17) is 13.9 Å². The maximum absolute atomic E-state index is 13.1. The molecule has 0 aliphatic carbocycles. The Morgan fingerprint density at radius 2 is 1.73 bits per heavy atom. The van der Waals surface area contributed by atoms with Crippen LogP contribution in [-0.4, -0.2) is 57.7 Å². The first-order chi connectivity index (χ1) is 14.4. The van der Waals surface area contributed by atoms with Crippen LogP contribution in [0.25, 0.3) is 22.1 Å². The van der Waals surface area contributed by atoms with Crippen molar-refractivity contribution < 1.29 is 38.7 Å². The van der Waals surface area contributed by atoms with E-state index in [2.05, 4.69) is 0 Å². The average Bonchev–Trinajstić information content (AvgIpc) is 2.75. The number of fused-ring (bicyclic) bond motifs is 1. The molecule has 30 heavy (non-hydrogen) atoms. The van der Waals surface area contributed by atoms with Crippen molar-refractivity contribution >= 4 is 11.0 Å². The number of hydrogen-bond donors (Lipinski definition) is 4. The number of hydrogen-bond acceptors (Lipinski definition) is 8. The summed E-state index contributed by atoms with van der Waals surface area (Å²) in [5.74, 6) is -0.247. The number of aliphatic hydroxyl groups excluding tert-OH is 4. The van der Waals surface area contributed by atoms with Crippen LogP contribution in [0.15, 0.2) is 57.9 Å². The lowest BCUT2D eigenvalue weighted by atomic mass is 9.99. The van der Waals surface area contributed by atoms with Crippen LogP contribution in [0.1, 0.15) is 0 Å². The Balaban J connectivity index is 1.62. The van der Waals surface area contributed by atoms with Crippen molar-refractivity contribution in [3.8, 4) is 16.9 Å². The Labute approximate surface area is 169 Å². The standard InChI is InChI=1S/C21H19FO8/c22-11-3-1-10(2-4-11)14-9-28-15-7-12(5-6-13(15)17(14)24)29-21-20(27)19(26)18(25)16(8-23)30-21/h1-7,9,16,18-21,23,25-27H,8H2/t16-,18+,19-,20-,21-/m1/s1. The average molecular weight is 418 g/mol. The molecule has 4 N–H and O–H groups in total. The van der Waals surface area contributed by atoms with Crippen molar-refractivity contribution in [3.05, 3.63) is 64.8 Å². The van der Waals surface area contributed by atoms with E-state index in [9.17, 15) is 29.6 Å². The van der Waals surface area contributed by atoms with Crippen molar-refractivity contribution in [2.24, 2.45) is 0 Å². The van der Waals surface area contributed by atoms with Gasteiger partial charge in [0, 0.05) is 6.07 Å². The minimum absolute atomic E-state index is 0.171. The third-order valence-corrected chi connectivity index (χ3v) is 5.00. The van der Waals surface area contributed by atoms with E-state index in [1.807, 2.05) is 0 Å². The lowest BCUT2D eigenvalue weighted by molar-refractivity contribution is -0.277. The third kappa shape index (κ3) is 3.69. The van der Waals surface area contributed by atoms with E-state index < -0.39 is 43.1 Å². The van der Waals surface area contributed by atoms with Crippen LogP contribution in [0.4, 0.5) is 4.39 Å². The molecule has 3 aromatic rings. The second-order valence-corrected chi connectivity index (χ2v) is 6.96. The Kier molecular flexibility index (Phi) is 5.54. The van der Waals surface area contributed by atoms with Crippen LogP contribution >= 0.6 is 0 Å². The van der Waals surface area contributed by atoms with Gasteiger partial charge in [0.05, 0.1) is 17.6 Å². The zero-order valence-corrected chi connectivity index (χ0v) is 15.5. The van der Waals surface area contributed by atoms with Crippen LogP contribution in [0.2, 0.25) is 0 Å². The van der Waals surface area contributed by atoms with Gasteiger partial charge >= 0.3 is 0 Å². The molecule has 2 heterocycles. The van der Waals surface area contributed by atoms with Crippen LogP contribution in [-0.2, 0) is 4.74 Å². The Bertz CT molecular complexity index is 1090. The molecule has 0 saturated carbocycles. The van der Waals surface area contributed by atoms with Gasteiger partial charge in [-0.2, -0.15) is 0 Å². The molecule has 0 unspecified atom stereocenters. The number of rotatable bonds is 4. The monoisotopic (exact) mass is 418 g/mol. The van der Waals surface area contributed by atoms with Crippen molar-refractivity contribution in [1.29, 1.82) is 0 Å². The summed E-state index contributed by atoms with van der Waals surface area (Å²) >= 11 is 0. The topological polar surface area (TPSA) is 130 Å². The summed E-state index contributed by atoms with van der Waals surface area (Å²) in [5.41, 5.74) is 0.661. The molecule has 0 amide bonds. The molecule has 9 heteroatoms. The van der Waals surface area contributed by atoms with Gasteiger partial charge in [-0.15, -0.1) is 0 Å². The molecule has 1 fully saturated rings. The minimum Gasteiger partial charge on any atom is -0.463 e. The predicted octanol–water partition coefficient (Wildman–Crippen LogP) is 0.778. The van der Waals surface area contributed by atoms with E-state index in [1.54, 1.807) is 0 Å². The highest BCUT2D eigenvalue weighted by Gasteiger charge is 2.44. The molecule has 5 atom stereocenters. The third-order valence-electron chi connectivity index (χ3n) is 5.00. The molecule has 1 aliphatic rings. The highest BCUT2D eigenvalue weighted by atomic mass is 19.1. The van der Waals surface area contributed by atoms with E-state index in [1.165, 1.54) is 48.7 Å². The van der Waals surface area contributed by atoms with Gasteiger partial charge in [-0.1, -0.05) is 12.1 Å². The van der Waals surface area contributed by atoms with Crippen LogP contribution in [0.3, 0.4) is 0 Å². The van der Waals surface area contributed by atoms with Crippen LogP contribution < -0.4 is 10.2 Å². The van der Waals surface area contributed by atoms with Crippen LogP contribution in [0.5, 0.6) is 5.75 Å². The molecule has 8 nitrogen and oxygen atoms in total. The van der Waals surface area contributed by atoms with E-state index in [0.717, 1.165) is 0 Å². The van der Waals surface area contributed by atoms with Gasteiger partial charge in [-0.25, -0.2) is 4.39 Å². The summed E-state index contributed by atoms with van der Waals surface area (Å²) in [5, 5.41) is 39.3. The molecule has 158 valence electrons. The smallest absolute Gasteiger partial charge is 0.229 e. The maximum Gasteiger partial charge on any atom is 0.229 e. The Morgan fingerprint density at radius 1 is 1.00 bits per heavy atom. The van der Waals surface area contributed by atoms with Crippen molar-refractivity contribution in [3.63, 3.8) is 0 Å². The fraction of sp³-hybridized carbons (Fsp3) is 0.286. The quantitative estimate of drug-likeness (QED) is 0.489. The van der Waals surface area contributed by atoms with E-state index in [0.29, 0.717) is 5.56 Å². The maximum atomic E-state index is 13.1. The summed E-state index contributed by atoms with van der Waals surface area (Å²) in [6.45, 7) is -0.580. The second kappa shape index (κ2) is 8.13. The van der Waals surface area contributed by atoms with Crippen molar-refractivity contribution in [2.75, 3.05) is 6.61 Å². The summed E-state index contributed by atoms with van der Waals surface area (Å²) in [4.78, 5) is 12.8. The highest BCUT2D eigenvalue weighted by Crippen LogP contribution is 2.27. The second-order valence-electron chi connectivity index (χ2n) is 6.96. The fourth-order valence-electron chi connectivity index (χ4n) is 3.31. The van der Waals surface area contributed by atoms with Gasteiger partial charge in [-0.3, -0.25) is 4.79 Å². The van der Waals surface area contributed by atoms with Crippen molar-refractivity contribution in [1.82, 2.24) is 0 Å². The number of halogens is 1. The Hall–Kier alpha value is -2.82. The van der Waals surface area contributed by atoms with E-state index >= 15 is 0 Å². The van der Waals surface area contributed by atoms with Gasteiger partial charge in [0.15, 0.2) is 5.43 Å². The van der Waals surface area contributed by atoms with Gasteiger partial charge in [0.2, 0.25) is 6.29 Å². The summed E-state index contributed by atoms with van der Waals surface area (Å²) in [6, 6.07) is 9.77. The summed E-state index contributed by atoms with van der Waals surface area (Å²) in [7, 11) is 0. The summed E-state index contributed by atoms with van der Waals surface area (Å²) in [6.07, 6.45) is -5.84. The first-order valence-electron chi connectivity index (χ1n) is 9.17. The zero-order valence-electron chi connectivity index (χ0n) is 15.5. The molecule has 1 aliphatic heterocycles. The first-order valence-corrected chi connectivity index (χ1v) is 9.17. The zero-order chi connectivity index (χ0) is 21.4. The van der Waals surface area contributed by atoms with Gasteiger partial charge in [0.25, 0.3) is 0 Å². The molecule has 0 radical (unpaired) electrons. The predicted molar refractivity (Wildman–Crippen MR) is 102 cm³/mol. The fourth-order valence-corrected chi connectivity index (χ4v) is 3.31. The highest BCUT2D eigenvalue weighted by molar-refractivity contribution is 5.82. The lowest BCUT2D eigenvalue weighted by Gasteiger charge is -2.39. The summed E-state index contributed by atoms with van der Waals surface area (Å²) < 4.78 is 29.5. The van der Waals surface area contributed by atoms with Gasteiger partial charge < -0.3 is 34.3 Å². The number of ether oxygens (including phenoxy) is 2. The van der Waals surface area contributed by atoms with Gasteiger partial charge in [-0.05, 0) is 29.8 Å². The minimum atomic E-state index is -1.57. The SMILES string of the molecule is O=c1c(-c2ccc(F)cc2)coc2cc(O[C@@H]3O[C@H](CO)[C@H](O)[C@@H](O)[C@H]3O)ccc12. The normalized spacial score (nSPS) is 26.6. The Morgan fingerprint density at radius 3 is 2.43 bits per heavy atom.